The summed E-state index contributed by atoms with van der Waals surface area (Å²) in [5, 5.41) is 8.76. The van der Waals surface area contributed by atoms with E-state index in [1.807, 2.05) is 12.1 Å². The van der Waals surface area contributed by atoms with E-state index in [2.05, 4.69) is 26.0 Å². The summed E-state index contributed by atoms with van der Waals surface area (Å²) in [6.07, 6.45) is 1.13. The minimum atomic E-state index is -0.311. The predicted molar refractivity (Wildman–Crippen MR) is 65.7 cm³/mol. The fourth-order valence-corrected chi connectivity index (χ4v) is 1.38. The van der Waals surface area contributed by atoms with E-state index in [9.17, 15) is 0 Å². The molecule has 1 aromatic carbocycles. The molecule has 0 radical (unpaired) electrons. The van der Waals surface area contributed by atoms with E-state index in [1.54, 1.807) is 0 Å². The lowest BCUT2D eigenvalue weighted by molar-refractivity contribution is 0.206. The molecule has 0 amide bonds. The van der Waals surface area contributed by atoms with Crippen LogP contribution in [0.3, 0.4) is 0 Å². The quantitative estimate of drug-likeness (QED) is 0.774. The average Bonchev–Trinajstić information content (AvgIpc) is 2.35. The lowest BCUT2D eigenvalue weighted by Crippen LogP contribution is -2.31. The molecule has 0 saturated carbocycles. The number of aliphatic hydroxyl groups excluding tert-OH is 1. The van der Waals surface area contributed by atoms with Crippen molar-refractivity contribution >= 4 is 0 Å². The van der Waals surface area contributed by atoms with E-state index < -0.39 is 0 Å². The molecule has 0 aliphatic carbocycles. The Labute approximate surface area is 97.2 Å². The summed E-state index contributed by atoms with van der Waals surface area (Å²) in [4.78, 5) is 0. The summed E-state index contributed by atoms with van der Waals surface area (Å²) in [7, 11) is 0. The average molecular weight is 223 g/mol. The van der Waals surface area contributed by atoms with E-state index in [1.165, 1.54) is 5.56 Å². The first-order chi connectivity index (χ1) is 7.67. The van der Waals surface area contributed by atoms with Crippen molar-refractivity contribution in [1.82, 2.24) is 0 Å². The Hall–Kier alpha value is -1.06. The Morgan fingerprint density at radius 3 is 2.44 bits per heavy atom. The van der Waals surface area contributed by atoms with Crippen LogP contribution in [0.15, 0.2) is 24.3 Å². The van der Waals surface area contributed by atoms with Gasteiger partial charge in [-0.05, 0) is 30.0 Å². The van der Waals surface area contributed by atoms with Gasteiger partial charge in [-0.1, -0.05) is 26.0 Å². The molecule has 3 heteroatoms. The van der Waals surface area contributed by atoms with Crippen molar-refractivity contribution in [3.63, 3.8) is 0 Å². The third-order valence-electron chi connectivity index (χ3n) is 2.76. The molecular weight excluding hydrogens is 202 g/mol. The fourth-order valence-electron chi connectivity index (χ4n) is 1.38. The van der Waals surface area contributed by atoms with Gasteiger partial charge < -0.3 is 15.6 Å². The lowest BCUT2D eigenvalue weighted by Gasteiger charge is -2.12. The molecule has 1 rings (SSSR count). The molecule has 2 atom stereocenters. The molecule has 0 aliphatic rings. The smallest absolute Gasteiger partial charge is 0.119 e. The number of hydrogen-bond acceptors (Lipinski definition) is 3. The summed E-state index contributed by atoms with van der Waals surface area (Å²) < 4.78 is 5.44. The Bertz CT molecular complexity index is 297. The zero-order valence-electron chi connectivity index (χ0n) is 10.0. The highest BCUT2D eigenvalue weighted by molar-refractivity contribution is 5.29. The molecule has 0 aliphatic heterocycles. The van der Waals surface area contributed by atoms with Crippen LogP contribution in [-0.4, -0.2) is 24.4 Å². The molecule has 0 bridgehead atoms. The van der Waals surface area contributed by atoms with Crippen molar-refractivity contribution in [1.29, 1.82) is 0 Å². The first kappa shape index (κ1) is 13.0. The maximum atomic E-state index is 8.76. The minimum absolute atomic E-state index is 0.0506. The normalized spacial score (nSPS) is 14.5. The Balaban J connectivity index is 2.51. The molecular formula is C13H21NO2. The van der Waals surface area contributed by atoms with Gasteiger partial charge in [-0.2, -0.15) is 0 Å². The molecule has 90 valence electrons. The van der Waals surface area contributed by atoms with Gasteiger partial charge in [-0.15, -0.1) is 0 Å². The number of benzene rings is 1. The number of hydrogen-bond donors (Lipinski definition) is 2. The summed E-state index contributed by atoms with van der Waals surface area (Å²) in [5.41, 5.74) is 6.87. The van der Waals surface area contributed by atoms with Gasteiger partial charge in [0.05, 0.1) is 12.6 Å². The third kappa shape index (κ3) is 3.83. The molecule has 0 spiro atoms. The van der Waals surface area contributed by atoms with Crippen molar-refractivity contribution < 1.29 is 9.84 Å². The van der Waals surface area contributed by atoms with E-state index in [-0.39, 0.29) is 12.6 Å². The van der Waals surface area contributed by atoms with Crippen LogP contribution in [0.2, 0.25) is 0 Å². The number of ether oxygens (including phenoxy) is 1. The maximum Gasteiger partial charge on any atom is 0.119 e. The highest BCUT2D eigenvalue weighted by Crippen LogP contribution is 2.21. The third-order valence-corrected chi connectivity index (χ3v) is 2.76. The largest absolute Gasteiger partial charge is 0.492 e. The van der Waals surface area contributed by atoms with Gasteiger partial charge in [-0.25, -0.2) is 0 Å². The van der Waals surface area contributed by atoms with E-state index >= 15 is 0 Å². The van der Waals surface area contributed by atoms with Crippen LogP contribution >= 0.6 is 0 Å². The second-order valence-electron chi connectivity index (χ2n) is 4.13. The Morgan fingerprint density at radius 1 is 1.31 bits per heavy atom. The van der Waals surface area contributed by atoms with Crippen LogP contribution in [0.1, 0.15) is 31.7 Å². The molecule has 0 fully saturated rings. The molecule has 1 aromatic rings. The molecule has 16 heavy (non-hydrogen) atoms. The highest BCUT2D eigenvalue weighted by Gasteiger charge is 2.04. The van der Waals surface area contributed by atoms with E-state index in [0.29, 0.717) is 12.5 Å². The van der Waals surface area contributed by atoms with Crippen LogP contribution in [0, 0.1) is 0 Å². The lowest BCUT2D eigenvalue weighted by atomic mass is 9.99. The van der Waals surface area contributed by atoms with Crippen molar-refractivity contribution in [3.05, 3.63) is 29.8 Å². The van der Waals surface area contributed by atoms with Gasteiger partial charge in [0.2, 0.25) is 0 Å². The van der Waals surface area contributed by atoms with Gasteiger partial charge in [0.15, 0.2) is 0 Å². The first-order valence-corrected chi connectivity index (χ1v) is 5.76. The SMILES string of the molecule is CCC(C)c1ccc(OCC(N)CO)cc1. The van der Waals surface area contributed by atoms with Gasteiger partial charge in [0.25, 0.3) is 0 Å². The number of aliphatic hydroxyl groups is 1. The van der Waals surface area contributed by atoms with Crippen LogP contribution < -0.4 is 10.5 Å². The summed E-state index contributed by atoms with van der Waals surface area (Å²) >= 11 is 0. The van der Waals surface area contributed by atoms with Gasteiger partial charge >= 0.3 is 0 Å². The summed E-state index contributed by atoms with van der Waals surface area (Å²) in [6.45, 7) is 4.68. The monoisotopic (exact) mass is 223 g/mol. The van der Waals surface area contributed by atoms with Gasteiger partial charge in [0.1, 0.15) is 12.4 Å². The molecule has 3 N–H and O–H groups in total. The van der Waals surface area contributed by atoms with Crippen molar-refractivity contribution in [2.45, 2.75) is 32.2 Å². The second-order valence-corrected chi connectivity index (χ2v) is 4.13. The van der Waals surface area contributed by atoms with Crippen LogP contribution in [0.4, 0.5) is 0 Å². The van der Waals surface area contributed by atoms with Crippen molar-refractivity contribution in [2.75, 3.05) is 13.2 Å². The molecule has 2 unspecified atom stereocenters. The number of rotatable bonds is 6. The fraction of sp³-hybridized carbons (Fsp3) is 0.538. The summed E-state index contributed by atoms with van der Waals surface area (Å²) in [5.74, 6) is 1.38. The van der Waals surface area contributed by atoms with Crippen molar-refractivity contribution in [3.8, 4) is 5.75 Å². The maximum absolute atomic E-state index is 8.76. The highest BCUT2D eigenvalue weighted by atomic mass is 16.5. The van der Waals surface area contributed by atoms with E-state index in [0.717, 1.165) is 12.2 Å². The molecule has 0 heterocycles. The van der Waals surface area contributed by atoms with E-state index in [4.69, 9.17) is 15.6 Å². The van der Waals surface area contributed by atoms with Gasteiger partial charge in [-0.3, -0.25) is 0 Å². The Morgan fingerprint density at radius 2 is 1.94 bits per heavy atom. The first-order valence-electron chi connectivity index (χ1n) is 5.76. The Kier molecular flexibility index (Phi) is 5.29. The molecule has 0 saturated heterocycles. The van der Waals surface area contributed by atoms with Crippen LogP contribution in [0.25, 0.3) is 0 Å². The van der Waals surface area contributed by atoms with Gasteiger partial charge in [0, 0.05) is 0 Å². The zero-order chi connectivity index (χ0) is 12.0. The predicted octanol–water partition coefficient (Wildman–Crippen LogP) is 1.90. The zero-order valence-corrected chi connectivity index (χ0v) is 10.0. The molecule has 3 nitrogen and oxygen atoms in total. The topological polar surface area (TPSA) is 55.5 Å². The van der Waals surface area contributed by atoms with Crippen molar-refractivity contribution in [2.24, 2.45) is 5.73 Å². The minimum Gasteiger partial charge on any atom is -0.492 e. The second kappa shape index (κ2) is 6.51. The summed E-state index contributed by atoms with van der Waals surface area (Å²) in [6, 6.07) is 7.74. The number of nitrogens with two attached hydrogens (primary N) is 1. The molecule has 0 aromatic heterocycles. The standard InChI is InChI=1S/C13H21NO2/c1-3-10(2)11-4-6-13(7-5-11)16-9-12(14)8-15/h4-7,10,12,15H,3,8-9,14H2,1-2H3. The van der Waals surface area contributed by atoms with Crippen LogP contribution in [-0.2, 0) is 0 Å². The van der Waals surface area contributed by atoms with Crippen LogP contribution in [0.5, 0.6) is 5.75 Å².